The van der Waals surface area contributed by atoms with Crippen LogP contribution in [0.1, 0.15) is 32.1 Å². The number of nitrogens with one attached hydrogen (secondary N) is 1. The van der Waals surface area contributed by atoms with E-state index in [1.54, 1.807) is 0 Å². The van der Waals surface area contributed by atoms with E-state index in [4.69, 9.17) is 26.8 Å². The predicted molar refractivity (Wildman–Crippen MR) is 101 cm³/mol. The van der Waals surface area contributed by atoms with Crippen LogP contribution in [-0.2, 0) is 14.3 Å². The van der Waals surface area contributed by atoms with E-state index in [9.17, 15) is 14.4 Å². The van der Waals surface area contributed by atoms with Gasteiger partial charge in [-0.15, -0.1) is 11.6 Å². The van der Waals surface area contributed by atoms with Crippen molar-refractivity contribution in [1.29, 1.82) is 0 Å². The maximum atomic E-state index is 12.1. The van der Waals surface area contributed by atoms with Gasteiger partial charge in [0.15, 0.2) is 0 Å². The molecule has 2 rings (SSSR count). The highest BCUT2D eigenvalue weighted by Gasteiger charge is 2.37. The van der Waals surface area contributed by atoms with Gasteiger partial charge in [0, 0.05) is 12.6 Å². The van der Waals surface area contributed by atoms with Gasteiger partial charge in [-0.05, 0) is 17.0 Å². The zero-order chi connectivity index (χ0) is 19.4. The Kier molecular flexibility index (Phi) is 7.22. The van der Waals surface area contributed by atoms with Crippen molar-refractivity contribution < 1.29 is 14.3 Å². The highest BCUT2D eigenvalue weighted by molar-refractivity contribution is 9.11. The van der Waals surface area contributed by atoms with E-state index in [1.165, 1.54) is 21.8 Å². The average molecular weight is 451 g/mol. The number of carbonyl (C=O) groups is 1. The monoisotopic (exact) mass is 449 g/mol. The normalized spacial score (nSPS) is 24.3. The molecule has 0 bridgehead atoms. The molecule has 4 atom stereocenters. The van der Waals surface area contributed by atoms with Crippen molar-refractivity contribution in [2.24, 2.45) is 11.7 Å². The van der Waals surface area contributed by atoms with E-state index in [2.05, 4.69) is 20.9 Å². The van der Waals surface area contributed by atoms with Crippen molar-refractivity contribution in [3.05, 3.63) is 37.6 Å². The molecule has 2 heterocycles. The number of halogens is 2. The molecule has 0 aromatic carbocycles. The van der Waals surface area contributed by atoms with Gasteiger partial charge in [-0.25, -0.2) is 4.79 Å². The lowest BCUT2D eigenvalue weighted by Gasteiger charge is -2.19. The summed E-state index contributed by atoms with van der Waals surface area (Å²) in [6.07, 6.45) is 1.97. The summed E-state index contributed by atoms with van der Waals surface area (Å²) in [5.41, 5.74) is 4.92. The smallest absolute Gasteiger partial charge is 0.330 e. The summed E-state index contributed by atoms with van der Waals surface area (Å²) in [4.78, 5) is 39.4. The van der Waals surface area contributed by atoms with Crippen molar-refractivity contribution in [3.63, 3.8) is 0 Å². The number of hydrogen-bond donors (Lipinski definition) is 2. The van der Waals surface area contributed by atoms with Crippen LogP contribution in [0.3, 0.4) is 0 Å². The quantitative estimate of drug-likeness (QED) is 0.499. The Hall–Kier alpha value is -1.42. The van der Waals surface area contributed by atoms with Crippen LogP contribution < -0.4 is 17.0 Å². The van der Waals surface area contributed by atoms with E-state index in [1.807, 2.05) is 13.8 Å². The fourth-order valence-corrected chi connectivity index (χ4v) is 3.01. The first kappa shape index (κ1) is 20.9. The molecule has 3 N–H and O–H groups in total. The highest BCUT2D eigenvalue weighted by Crippen LogP contribution is 2.31. The maximum Gasteiger partial charge on any atom is 0.330 e. The minimum absolute atomic E-state index is 0.0489. The second-order valence-corrected chi connectivity index (χ2v) is 7.41. The molecule has 0 aliphatic carbocycles. The molecule has 1 aliphatic heterocycles. The summed E-state index contributed by atoms with van der Waals surface area (Å²) in [6.45, 7) is 3.58. The number of esters is 1. The summed E-state index contributed by atoms with van der Waals surface area (Å²) in [7, 11) is 0. The Bertz CT molecular complexity index is 791. The van der Waals surface area contributed by atoms with Crippen LogP contribution in [0.15, 0.2) is 20.8 Å². The molecule has 1 aromatic rings. The number of nitrogens with zero attached hydrogens (tertiary/aromatic N) is 1. The second-order valence-electron chi connectivity index (χ2n) is 6.32. The minimum atomic E-state index is -0.721. The lowest BCUT2D eigenvalue weighted by Crippen LogP contribution is -2.39. The fourth-order valence-electron chi connectivity index (χ4n) is 2.44. The predicted octanol–water partition coefficient (Wildman–Crippen LogP) is 1.32. The van der Waals surface area contributed by atoms with E-state index >= 15 is 0 Å². The van der Waals surface area contributed by atoms with Crippen molar-refractivity contribution in [3.8, 4) is 0 Å². The van der Waals surface area contributed by atoms with E-state index in [0.717, 1.165) is 0 Å². The molecule has 0 radical (unpaired) electrons. The molecule has 26 heavy (non-hydrogen) atoms. The molecular weight excluding hydrogens is 430 g/mol. The lowest BCUT2D eigenvalue weighted by molar-refractivity contribution is -0.151. The zero-order valence-electron chi connectivity index (χ0n) is 14.4. The minimum Gasteiger partial charge on any atom is -0.462 e. The zero-order valence-corrected chi connectivity index (χ0v) is 16.7. The number of aromatic nitrogens is 2. The van der Waals surface area contributed by atoms with E-state index < -0.39 is 41.0 Å². The number of H-pyrrole nitrogens is 1. The standard InChI is InChI=1S/C16H21BrClN3O5/c1-8(2)13(19)15(23)25-7-11-10(18)5-12(26-11)21-6-9(3-4-17)14(22)20-16(21)24/h3-4,6,8,10-13H,5,7,19H2,1-2H3,(H,20,22,24)/b4-3+/t10-,11+,12+,13-/m0/s1. The molecule has 0 amide bonds. The number of rotatable bonds is 6. The number of nitrogens with two attached hydrogens (primary N) is 1. The molecule has 1 saturated heterocycles. The van der Waals surface area contributed by atoms with E-state index in [-0.39, 0.29) is 18.1 Å². The molecule has 10 heteroatoms. The van der Waals surface area contributed by atoms with Crippen LogP contribution in [0, 0.1) is 5.92 Å². The van der Waals surface area contributed by atoms with Gasteiger partial charge in [-0.3, -0.25) is 19.1 Å². The number of alkyl halides is 1. The molecule has 0 saturated carbocycles. The van der Waals surface area contributed by atoms with Gasteiger partial charge in [0.1, 0.15) is 25.0 Å². The molecule has 0 unspecified atom stereocenters. The van der Waals surface area contributed by atoms with Gasteiger partial charge >= 0.3 is 11.7 Å². The topological polar surface area (TPSA) is 116 Å². The molecule has 0 spiro atoms. The SMILES string of the molecule is CC(C)[C@H](N)C(=O)OC[C@H]1O[C@@H](n2cc(/C=C/Br)c(=O)[nH]c2=O)C[C@@H]1Cl. The Labute approximate surface area is 163 Å². The lowest BCUT2D eigenvalue weighted by atomic mass is 10.1. The third-order valence-corrected chi connectivity index (χ3v) is 4.81. The first-order valence-corrected chi connectivity index (χ1v) is 9.43. The number of hydrogen-bond acceptors (Lipinski definition) is 6. The first-order valence-electron chi connectivity index (χ1n) is 8.08. The van der Waals surface area contributed by atoms with Crippen molar-refractivity contribution in [2.75, 3.05) is 6.61 Å². The van der Waals surface area contributed by atoms with Crippen LogP contribution in [0.5, 0.6) is 0 Å². The van der Waals surface area contributed by atoms with Crippen LogP contribution in [-0.4, -0.2) is 39.7 Å². The van der Waals surface area contributed by atoms with Gasteiger partial charge in [0.25, 0.3) is 5.56 Å². The molecule has 1 fully saturated rings. The molecule has 8 nitrogen and oxygen atoms in total. The van der Waals surface area contributed by atoms with Gasteiger partial charge < -0.3 is 15.2 Å². The Morgan fingerprint density at radius 2 is 2.27 bits per heavy atom. The first-order chi connectivity index (χ1) is 12.2. The highest BCUT2D eigenvalue weighted by atomic mass is 79.9. The summed E-state index contributed by atoms with van der Waals surface area (Å²) < 4.78 is 12.2. The Morgan fingerprint density at radius 1 is 1.58 bits per heavy atom. The Morgan fingerprint density at radius 3 is 2.88 bits per heavy atom. The van der Waals surface area contributed by atoms with Crippen molar-refractivity contribution in [1.82, 2.24) is 9.55 Å². The molecule has 144 valence electrons. The van der Waals surface area contributed by atoms with Crippen LogP contribution >= 0.6 is 27.5 Å². The van der Waals surface area contributed by atoms with Crippen molar-refractivity contribution >= 4 is 39.6 Å². The fraction of sp³-hybridized carbons (Fsp3) is 0.562. The second kappa shape index (κ2) is 8.98. The number of ether oxygens (including phenoxy) is 2. The summed E-state index contributed by atoms with van der Waals surface area (Å²) >= 11 is 9.37. The average Bonchev–Trinajstić information content (AvgIpc) is 2.95. The largest absolute Gasteiger partial charge is 0.462 e. The van der Waals surface area contributed by atoms with Crippen molar-refractivity contribution in [2.45, 2.75) is 44.0 Å². The van der Waals surface area contributed by atoms with Gasteiger partial charge in [0.05, 0.1) is 10.9 Å². The van der Waals surface area contributed by atoms with Crippen LogP contribution in [0.25, 0.3) is 6.08 Å². The maximum absolute atomic E-state index is 12.1. The van der Waals surface area contributed by atoms with Gasteiger partial charge in [-0.2, -0.15) is 0 Å². The van der Waals surface area contributed by atoms with Gasteiger partial charge in [0.2, 0.25) is 0 Å². The third kappa shape index (κ3) is 4.85. The summed E-state index contributed by atoms with van der Waals surface area (Å²) in [5, 5.41) is -0.461. The van der Waals surface area contributed by atoms with E-state index in [0.29, 0.717) is 6.42 Å². The summed E-state index contributed by atoms with van der Waals surface area (Å²) in [5.74, 6) is -0.575. The summed E-state index contributed by atoms with van der Waals surface area (Å²) in [6, 6.07) is -0.721. The van der Waals surface area contributed by atoms with Crippen LogP contribution in [0.4, 0.5) is 0 Å². The molecule has 1 aliphatic rings. The van der Waals surface area contributed by atoms with Crippen LogP contribution in [0.2, 0.25) is 0 Å². The number of carbonyl (C=O) groups excluding carboxylic acids is 1. The molecule has 1 aromatic heterocycles. The third-order valence-electron chi connectivity index (χ3n) is 4.09. The number of aromatic amines is 1. The molecular formula is C16H21BrClN3O5. The van der Waals surface area contributed by atoms with Gasteiger partial charge in [-0.1, -0.05) is 29.8 Å². The Balaban J connectivity index is 2.09.